The molecule has 8 aromatic rings. The molecule has 25 heteroatoms. The number of hydrogen-bond acceptors (Lipinski definition) is 21. The minimum atomic E-state index is -1.18. The number of fused-ring (bicyclic) bond motifs is 14. The number of thiazole rings is 6. The summed E-state index contributed by atoms with van der Waals surface area (Å²) in [5.41, 5.74) is 10.2. The van der Waals surface area contributed by atoms with Crippen LogP contribution in [-0.4, -0.2) is 84.3 Å². The van der Waals surface area contributed by atoms with E-state index in [1.165, 1.54) is 75.1 Å². The quantitative estimate of drug-likeness (QED) is 0.0767. The Balaban J connectivity index is 1.13. The molecule has 0 aliphatic carbocycles. The maximum absolute atomic E-state index is 14.2. The molecule has 9 rings (SSSR count). The van der Waals surface area contributed by atoms with Crippen LogP contribution in [0.2, 0.25) is 0 Å². The van der Waals surface area contributed by atoms with Crippen LogP contribution < -0.4 is 32.3 Å². The molecule has 10 bridgehead atoms. The summed E-state index contributed by atoms with van der Waals surface area (Å²) in [7, 11) is 3.06. The van der Waals surface area contributed by atoms with E-state index in [1.807, 2.05) is 48.9 Å². The van der Waals surface area contributed by atoms with Crippen molar-refractivity contribution in [2.75, 3.05) is 26.4 Å². The normalized spacial score (nSPS) is 17.1. The van der Waals surface area contributed by atoms with Gasteiger partial charge in [0.2, 0.25) is 11.8 Å². The lowest BCUT2D eigenvalue weighted by Crippen LogP contribution is -2.38. The van der Waals surface area contributed by atoms with Gasteiger partial charge in [0.15, 0.2) is 0 Å². The van der Waals surface area contributed by atoms with Gasteiger partial charge in [-0.25, -0.2) is 34.9 Å². The van der Waals surface area contributed by atoms with Gasteiger partial charge < -0.3 is 42.2 Å². The third-order valence-corrected chi connectivity index (χ3v) is 17.1. The van der Waals surface area contributed by atoms with Crippen molar-refractivity contribution in [2.24, 2.45) is 5.92 Å². The number of hydrogen-bond donors (Lipinski definition) is 7. The van der Waals surface area contributed by atoms with E-state index in [9.17, 15) is 24.3 Å². The van der Waals surface area contributed by atoms with Gasteiger partial charge in [0.25, 0.3) is 11.8 Å². The maximum Gasteiger partial charge on any atom is 0.271 e. The van der Waals surface area contributed by atoms with E-state index in [1.54, 1.807) is 43.0 Å². The Morgan fingerprint density at radius 3 is 2.22 bits per heavy atom. The summed E-state index contributed by atoms with van der Waals surface area (Å²) in [6.07, 6.45) is -1.34. The molecule has 4 amide bonds. The fourth-order valence-corrected chi connectivity index (χ4v) is 13.2. The number of anilines is 1. The molecule has 1 aliphatic heterocycles. The number of aryl methyl sites for hydroxylation is 1. The van der Waals surface area contributed by atoms with Crippen molar-refractivity contribution in [1.29, 1.82) is 0 Å². The second-order valence-electron chi connectivity index (χ2n) is 16.9. The number of rotatable bonds is 8. The molecule has 19 nitrogen and oxygen atoms in total. The van der Waals surface area contributed by atoms with Gasteiger partial charge >= 0.3 is 0 Å². The molecule has 376 valence electrons. The van der Waals surface area contributed by atoms with Crippen molar-refractivity contribution in [3.05, 3.63) is 118 Å². The molecule has 0 saturated carbocycles. The van der Waals surface area contributed by atoms with Crippen molar-refractivity contribution in [2.45, 2.75) is 58.0 Å². The standard InChI is InChI=1S/C48H47N13O6S6/c1-21(2)35-48-60-36(31(73-48)16-67-6)22(3)51-15-34(63)58-39(40(64)24-10-8-7-9-11-24)47-56-30(19-70-47)45-54-28(17-69-45)38-25(12-13-26(52-38)44-57-32(49)20-71-44)43-55-29(18-68-43)41(65)53-27(14-33(62)50-5)46-61-37(23(4)72-46)42(66)59-35/h7-13,17-21,27,35,39-40,51,64H,3,14-16,49H2,1-2,4-6H3,(H,50,62)(H,53,65)(H,58,63)(H,59,66)/t27-,35?,39-,40-/m0/s1. The summed E-state index contributed by atoms with van der Waals surface area (Å²) in [6, 6.07) is 10.2. The number of methoxy groups -OCH3 is 1. The average molecular weight is 1090 g/mol. The fourth-order valence-electron chi connectivity index (χ4n) is 7.68. The van der Waals surface area contributed by atoms with Crippen molar-refractivity contribution in [3.8, 4) is 43.4 Å². The molecule has 1 unspecified atom stereocenters. The Bertz CT molecular complexity index is 3340. The number of nitrogens with zero attached hydrogens (tertiary/aromatic N) is 7. The number of pyridine rings is 1. The monoisotopic (exact) mass is 1090 g/mol. The number of nitrogen functional groups attached to an aromatic ring is 1. The van der Waals surface area contributed by atoms with Crippen LogP contribution in [0.25, 0.3) is 49.1 Å². The van der Waals surface area contributed by atoms with E-state index in [4.69, 9.17) is 40.4 Å². The number of benzene rings is 1. The molecule has 1 aliphatic rings. The van der Waals surface area contributed by atoms with Crippen molar-refractivity contribution in [1.82, 2.24) is 61.5 Å². The number of aliphatic hydroxyl groups excluding tert-OH is 1. The van der Waals surface area contributed by atoms with Gasteiger partial charge in [0.1, 0.15) is 82.2 Å². The van der Waals surface area contributed by atoms with Crippen LogP contribution in [0.3, 0.4) is 0 Å². The Labute approximate surface area is 442 Å². The van der Waals surface area contributed by atoms with Crippen LogP contribution in [0.15, 0.2) is 70.6 Å². The summed E-state index contributed by atoms with van der Waals surface area (Å²) in [5, 5.41) is 36.6. The molecule has 73 heavy (non-hydrogen) atoms. The fraction of sp³-hybridized carbons (Fsp3) is 0.271. The van der Waals surface area contributed by atoms with Crippen LogP contribution in [-0.2, 0) is 20.9 Å². The summed E-state index contributed by atoms with van der Waals surface area (Å²) in [4.78, 5) is 90.3. The second-order valence-corrected chi connectivity index (χ2v) is 22.7. The van der Waals surface area contributed by atoms with E-state index in [0.717, 1.165) is 0 Å². The number of carbonyl (C=O) groups is 4. The molecule has 4 atom stereocenters. The molecular weight excluding hydrogens is 1050 g/mol. The molecule has 8 N–H and O–H groups in total. The predicted molar refractivity (Wildman–Crippen MR) is 286 cm³/mol. The van der Waals surface area contributed by atoms with Crippen molar-refractivity contribution in [3.63, 3.8) is 0 Å². The van der Waals surface area contributed by atoms with Gasteiger partial charge in [0, 0.05) is 46.1 Å². The third kappa shape index (κ3) is 11.3. The van der Waals surface area contributed by atoms with Crippen LogP contribution in [0.5, 0.6) is 0 Å². The first-order chi connectivity index (χ1) is 35.2. The molecule has 0 fully saturated rings. The van der Waals surface area contributed by atoms with Gasteiger partial charge in [-0.1, -0.05) is 50.8 Å². The molecular formula is C48H47N13O6S6. The number of amides is 4. The molecule has 0 radical (unpaired) electrons. The highest BCUT2D eigenvalue weighted by Gasteiger charge is 2.32. The van der Waals surface area contributed by atoms with Gasteiger partial charge in [-0.3, -0.25) is 19.2 Å². The largest absolute Gasteiger partial charge is 0.386 e. The SMILES string of the molecule is C=C1NCC(=O)N[C@@H]([C@@H](O)c2ccccc2)c2nc(cs2)-c2nc(cs2)-c2nc(-c3nc(N)cs3)ccc2-c2nc(cs2)C(=O)N[C@@H](CC(=O)NC)c2nc(c(C)s2)C(=O)NC(C(C)C)c2nc1c(COC)s2. The zero-order chi connectivity index (χ0) is 51.5. The van der Waals surface area contributed by atoms with Gasteiger partial charge in [-0.2, -0.15) is 0 Å². The van der Waals surface area contributed by atoms with Crippen molar-refractivity contribution >= 4 is 103 Å². The van der Waals surface area contributed by atoms with Crippen LogP contribution >= 0.6 is 68.0 Å². The molecule has 7 aromatic heterocycles. The zero-order valence-corrected chi connectivity index (χ0v) is 44.6. The summed E-state index contributed by atoms with van der Waals surface area (Å²) >= 11 is 7.70. The van der Waals surface area contributed by atoms with Gasteiger partial charge in [-0.15, -0.1) is 68.0 Å². The number of aromatic nitrogens is 7. The van der Waals surface area contributed by atoms with Gasteiger partial charge in [0.05, 0.1) is 47.9 Å². The zero-order valence-electron chi connectivity index (χ0n) is 39.7. The highest BCUT2D eigenvalue weighted by Crippen LogP contribution is 2.40. The third-order valence-electron chi connectivity index (χ3n) is 11.4. The first kappa shape index (κ1) is 51.2. The van der Waals surface area contributed by atoms with Crippen LogP contribution in [0, 0.1) is 12.8 Å². The second kappa shape index (κ2) is 22.2. The van der Waals surface area contributed by atoms with E-state index in [0.29, 0.717) is 90.9 Å². The number of aliphatic hydroxyl groups is 1. The minimum absolute atomic E-state index is 0.0847. The van der Waals surface area contributed by atoms with E-state index in [-0.39, 0.29) is 42.8 Å². The summed E-state index contributed by atoms with van der Waals surface area (Å²) < 4.78 is 5.55. The van der Waals surface area contributed by atoms with E-state index in [2.05, 4.69) is 38.1 Å². The molecule has 1 aromatic carbocycles. The minimum Gasteiger partial charge on any atom is -0.386 e. The lowest BCUT2D eigenvalue weighted by atomic mass is 10.0. The summed E-state index contributed by atoms with van der Waals surface area (Å²) in [6.45, 7) is 9.83. The number of nitrogens with two attached hydrogens (primary N) is 1. The van der Waals surface area contributed by atoms with E-state index >= 15 is 0 Å². The van der Waals surface area contributed by atoms with Gasteiger partial charge in [-0.05, 0) is 30.5 Å². The Hall–Kier alpha value is -6.71. The lowest BCUT2D eigenvalue weighted by molar-refractivity contribution is -0.122. The number of ether oxygens (including phenoxy) is 1. The Morgan fingerprint density at radius 2 is 1.48 bits per heavy atom. The highest BCUT2D eigenvalue weighted by molar-refractivity contribution is 7.15. The average Bonchev–Trinajstić information content (AvgIpc) is 4.26. The van der Waals surface area contributed by atoms with E-state index < -0.39 is 42.0 Å². The number of nitrogens with one attached hydrogen (secondary N) is 5. The molecule has 8 heterocycles. The Morgan fingerprint density at radius 1 is 0.767 bits per heavy atom. The van der Waals surface area contributed by atoms with Crippen LogP contribution in [0.4, 0.5) is 5.82 Å². The smallest absolute Gasteiger partial charge is 0.271 e. The lowest BCUT2D eigenvalue weighted by Gasteiger charge is -2.23. The molecule has 0 spiro atoms. The first-order valence-corrected chi connectivity index (χ1v) is 27.7. The Kier molecular flexibility index (Phi) is 15.6. The predicted octanol–water partition coefficient (Wildman–Crippen LogP) is 7.72. The summed E-state index contributed by atoms with van der Waals surface area (Å²) in [5.74, 6) is -1.63. The molecule has 0 saturated heterocycles. The van der Waals surface area contributed by atoms with Crippen LogP contribution in [0.1, 0.15) is 102 Å². The first-order valence-electron chi connectivity index (χ1n) is 22.5. The maximum atomic E-state index is 14.2. The van der Waals surface area contributed by atoms with Crippen molar-refractivity contribution < 1.29 is 29.0 Å². The highest BCUT2D eigenvalue weighted by atomic mass is 32.1. The number of carbonyl (C=O) groups excluding carboxylic acids is 4. The topological polar surface area (TPSA) is 274 Å².